The molecule has 0 amide bonds. The van der Waals surface area contributed by atoms with Crippen molar-refractivity contribution in [2.75, 3.05) is 30.3 Å². The average Bonchev–Trinajstić information content (AvgIpc) is 3.72. The summed E-state index contributed by atoms with van der Waals surface area (Å²) in [7, 11) is 0. The van der Waals surface area contributed by atoms with Gasteiger partial charge in [0.05, 0.1) is 17.1 Å². The molecular formula is C25H29N7O2. The molecule has 1 spiro atoms. The fraction of sp³-hybridized carbons (Fsp3) is 0.440. The van der Waals surface area contributed by atoms with Crippen LogP contribution in [0.4, 0.5) is 11.5 Å². The third-order valence-corrected chi connectivity index (χ3v) is 7.30. The van der Waals surface area contributed by atoms with Gasteiger partial charge in [-0.25, -0.2) is 15.0 Å². The van der Waals surface area contributed by atoms with Gasteiger partial charge in [0, 0.05) is 49.0 Å². The van der Waals surface area contributed by atoms with E-state index in [2.05, 4.69) is 31.7 Å². The molecule has 9 nitrogen and oxygen atoms in total. The van der Waals surface area contributed by atoms with E-state index in [9.17, 15) is 0 Å². The van der Waals surface area contributed by atoms with E-state index in [4.69, 9.17) is 20.3 Å². The summed E-state index contributed by atoms with van der Waals surface area (Å²) in [6, 6.07) is 7.43. The van der Waals surface area contributed by atoms with Gasteiger partial charge in [0.25, 0.3) is 0 Å². The molecule has 3 fully saturated rings. The molecule has 34 heavy (non-hydrogen) atoms. The standard InChI is InChI=1S/C25H29N7O2/c1-24(4-5-24)34-18-2-3-20(26)19(10-18)23(27)21-11-22(29-15-28-21)31-8-9-32(25(14-31)6-7-25)12-17-13-33-16-30-17/h2-3,10-11,13,15-16,27H,4-9,12,14,26H2,1H3. The summed E-state index contributed by atoms with van der Waals surface area (Å²) in [6.45, 7) is 5.59. The first-order valence-electron chi connectivity index (χ1n) is 11.8. The molecule has 176 valence electrons. The van der Waals surface area contributed by atoms with Crippen LogP contribution < -0.4 is 15.4 Å². The summed E-state index contributed by atoms with van der Waals surface area (Å²) in [5.41, 5.74) is 9.27. The molecule has 0 atom stereocenters. The fourth-order valence-electron chi connectivity index (χ4n) is 4.76. The Kier molecular flexibility index (Phi) is 4.84. The van der Waals surface area contributed by atoms with Gasteiger partial charge in [-0.15, -0.1) is 0 Å². The van der Waals surface area contributed by atoms with Crippen LogP contribution in [-0.4, -0.2) is 56.3 Å². The number of rotatable bonds is 7. The molecule has 0 radical (unpaired) electrons. The fourth-order valence-corrected chi connectivity index (χ4v) is 4.76. The van der Waals surface area contributed by atoms with Crippen LogP contribution in [0.1, 0.15) is 49.6 Å². The van der Waals surface area contributed by atoms with E-state index in [1.807, 2.05) is 18.2 Å². The van der Waals surface area contributed by atoms with Gasteiger partial charge in [-0.05, 0) is 50.8 Å². The Hall–Kier alpha value is -3.46. The summed E-state index contributed by atoms with van der Waals surface area (Å²) >= 11 is 0. The van der Waals surface area contributed by atoms with Crippen molar-refractivity contribution in [1.82, 2.24) is 19.9 Å². The SMILES string of the molecule is CC1(Oc2ccc(N)c(C(=N)c3cc(N4CCN(Cc5cocn5)C5(CC5)C4)ncn3)c2)CC1. The summed E-state index contributed by atoms with van der Waals surface area (Å²) in [4.78, 5) is 18.1. The highest BCUT2D eigenvalue weighted by molar-refractivity contribution is 6.13. The second kappa shape index (κ2) is 7.80. The van der Waals surface area contributed by atoms with Crippen molar-refractivity contribution in [2.24, 2.45) is 0 Å². The second-order valence-electron chi connectivity index (χ2n) is 9.98. The van der Waals surface area contributed by atoms with Crippen molar-refractivity contribution in [2.45, 2.75) is 50.3 Å². The van der Waals surface area contributed by atoms with Gasteiger partial charge in [0.2, 0.25) is 0 Å². The maximum Gasteiger partial charge on any atom is 0.180 e. The van der Waals surface area contributed by atoms with E-state index < -0.39 is 0 Å². The van der Waals surface area contributed by atoms with Gasteiger partial charge in [-0.2, -0.15) is 0 Å². The first kappa shape index (κ1) is 21.1. The number of nitrogens with two attached hydrogens (primary N) is 1. The maximum atomic E-state index is 8.83. The number of benzene rings is 1. The van der Waals surface area contributed by atoms with E-state index >= 15 is 0 Å². The lowest BCUT2D eigenvalue weighted by Crippen LogP contribution is -2.54. The van der Waals surface area contributed by atoms with Gasteiger partial charge < -0.3 is 19.8 Å². The summed E-state index contributed by atoms with van der Waals surface area (Å²) in [5, 5.41) is 8.83. The molecule has 3 heterocycles. The molecule has 1 saturated heterocycles. The normalized spacial score (nSPS) is 20.3. The number of hydrogen-bond acceptors (Lipinski definition) is 9. The van der Waals surface area contributed by atoms with Crippen LogP contribution in [0.3, 0.4) is 0 Å². The molecular weight excluding hydrogens is 430 g/mol. The zero-order valence-corrected chi connectivity index (χ0v) is 19.3. The number of ether oxygens (including phenoxy) is 1. The van der Waals surface area contributed by atoms with Crippen LogP contribution in [-0.2, 0) is 6.54 Å². The Morgan fingerprint density at radius 3 is 2.74 bits per heavy atom. The lowest BCUT2D eigenvalue weighted by Gasteiger charge is -2.42. The lowest BCUT2D eigenvalue weighted by molar-refractivity contribution is 0.147. The smallest absolute Gasteiger partial charge is 0.180 e. The van der Waals surface area contributed by atoms with E-state index in [0.717, 1.165) is 69.1 Å². The number of nitrogen functional groups attached to an aromatic ring is 1. The predicted octanol–water partition coefficient (Wildman–Crippen LogP) is 3.25. The highest BCUT2D eigenvalue weighted by Gasteiger charge is 2.51. The van der Waals surface area contributed by atoms with Crippen LogP contribution in [0, 0.1) is 5.41 Å². The number of piperazine rings is 1. The van der Waals surface area contributed by atoms with Crippen LogP contribution in [0.15, 0.2) is 47.7 Å². The molecule has 3 aromatic rings. The molecule has 9 heteroatoms. The van der Waals surface area contributed by atoms with Crippen LogP contribution >= 0.6 is 0 Å². The third-order valence-electron chi connectivity index (χ3n) is 7.30. The van der Waals surface area contributed by atoms with Crippen LogP contribution in [0.2, 0.25) is 0 Å². The molecule has 1 aliphatic heterocycles. The molecule has 6 rings (SSSR count). The summed E-state index contributed by atoms with van der Waals surface area (Å²) in [6.07, 6.45) is 9.18. The number of nitrogens with one attached hydrogen (secondary N) is 1. The van der Waals surface area contributed by atoms with Crippen LogP contribution in [0.5, 0.6) is 5.75 Å². The predicted molar refractivity (Wildman–Crippen MR) is 128 cm³/mol. The van der Waals surface area contributed by atoms with Gasteiger partial charge in [-0.1, -0.05) is 0 Å². The summed E-state index contributed by atoms with van der Waals surface area (Å²) < 4.78 is 11.2. The highest BCUT2D eigenvalue weighted by Crippen LogP contribution is 2.45. The summed E-state index contributed by atoms with van der Waals surface area (Å²) in [5.74, 6) is 1.58. The van der Waals surface area contributed by atoms with Crippen molar-refractivity contribution in [3.8, 4) is 5.75 Å². The third kappa shape index (κ3) is 4.00. The van der Waals surface area contributed by atoms with Crippen molar-refractivity contribution in [1.29, 1.82) is 5.41 Å². The van der Waals surface area contributed by atoms with E-state index in [1.54, 1.807) is 18.7 Å². The van der Waals surface area contributed by atoms with Crippen LogP contribution in [0.25, 0.3) is 0 Å². The largest absolute Gasteiger partial charge is 0.488 e. The van der Waals surface area contributed by atoms with Crippen molar-refractivity contribution < 1.29 is 9.15 Å². The van der Waals surface area contributed by atoms with Crippen molar-refractivity contribution in [3.05, 3.63) is 60.2 Å². The maximum absolute atomic E-state index is 8.83. The minimum atomic E-state index is -0.0910. The van der Waals surface area contributed by atoms with E-state index in [0.29, 0.717) is 16.9 Å². The number of oxazole rings is 1. The number of hydrogen-bond donors (Lipinski definition) is 2. The molecule has 0 unspecified atom stereocenters. The van der Waals surface area contributed by atoms with Crippen molar-refractivity contribution in [3.63, 3.8) is 0 Å². The van der Waals surface area contributed by atoms with Gasteiger partial charge in [0.15, 0.2) is 6.39 Å². The Labute approximate surface area is 198 Å². The Balaban J connectivity index is 1.20. The lowest BCUT2D eigenvalue weighted by atomic mass is 10.0. The zero-order chi connectivity index (χ0) is 23.3. The first-order valence-corrected chi connectivity index (χ1v) is 11.8. The Bertz CT molecular complexity index is 1220. The highest BCUT2D eigenvalue weighted by atomic mass is 16.5. The molecule has 0 bridgehead atoms. The topological polar surface area (TPSA) is 117 Å². The van der Waals surface area contributed by atoms with Gasteiger partial charge in [-0.3, -0.25) is 10.3 Å². The minimum Gasteiger partial charge on any atom is -0.488 e. The molecule has 3 N–H and O–H groups in total. The quantitative estimate of drug-likeness (QED) is 0.408. The number of nitrogens with zero attached hydrogens (tertiary/aromatic N) is 5. The molecule has 2 aliphatic carbocycles. The molecule has 3 aliphatic rings. The molecule has 2 aromatic heterocycles. The Morgan fingerprint density at radius 2 is 2.00 bits per heavy atom. The Morgan fingerprint density at radius 1 is 1.15 bits per heavy atom. The minimum absolute atomic E-state index is 0.0910. The number of anilines is 2. The number of aromatic nitrogens is 3. The van der Waals surface area contributed by atoms with E-state index in [-0.39, 0.29) is 16.9 Å². The van der Waals surface area contributed by atoms with Gasteiger partial charge >= 0.3 is 0 Å². The zero-order valence-electron chi connectivity index (χ0n) is 19.3. The molecule has 1 aromatic carbocycles. The first-order chi connectivity index (χ1) is 16.4. The van der Waals surface area contributed by atoms with E-state index in [1.165, 1.54) is 6.39 Å². The molecule has 2 saturated carbocycles. The monoisotopic (exact) mass is 459 g/mol. The average molecular weight is 460 g/mol. The van der Waals surface area contributed by atoms with Gasteiger partial charge in [0.1, 0.15) is 29.8 Å². The van der Waals surface area contributed by atoms with Crippen molar-refractivity contribution >= 4 is 17.2 Å². The second-order valence-corrected chi connectivity index (χ2v) is 9.98.